The number of rotatable bonds is 1. The van der Waals surface area contributed by atoms with Crippen LogP contribution in [0.15, 0.2) is 12.4 Å². The molecule has 0 spiro atoms. The first-order chi connectivity index (χ1) is 6.96. The van der Waals surface area contributed by atoms with Gasteiger partial charge in [-0.05, 0) is 28.7 Å². The average molecular weight is 344 g/mol. The van der Waals surface area contributed by atoms with Crippen molar-refractivity contribution in [3.8, 4) is 0 Å². The first-order valence-corrected chi connectivity index (χ1v) is 5.81. The lowest BCUT2D eigenvalue weighted by Crippen LogP contribution is -2.09. The normalized spacial score (nSPS) is 12.3. The van der Waals surface area contributed by atoms with Crippen molar-refractivity contribution in [1.29, 1.82) is 0 Å². The monoisotopic (exact) mass is 344 g/mol. The quantitative estimate of drug-likeness (QED) is 0.585. The van der Waals surface area contributed by atoms with Crippen LogP contribution >= 0.6 is 33.9 Å². The molecule has 2 rings (SSSR count). The van der Waals surface area contributed by atoms with Crippen LogP contribution < -0.4 is 0 Å². The van der Waals surface area contributed by atoms with E-state index in [9.17, 15) is 13.2 Å². The van der Waals surface area contributed by atoms with Crippen LogP contribution in [0.25, 0.3) is 10.2 Å². The largest absolute Gasteiger partial charge is 0.393 e. The molecule has 0 radical (unpaired) electrons. The Hall–Kier alpha value is -0.440. The Bertz CT molecular complexity index is 494. The number of halogens is 4. The molecule has 0 N–H and O–H groups in total. The zero-order valence-electron chi connectivity index (χ0n) is 7.18. The molecule has 2 nitrogen and oxygen atoms in total. The number of hydrogen-bond donors (Lipinski definition) is 0. The third-order valence-electron chi connectivity index (χ3n) is 1.71. The minimum absolute atomic E-state index is 0.274. The molecule has 2 heterocycles. The minimum Gasteiger partial charge on any atom is -0.230 e. The molecule has 15 heavy (non-hydrogen) atoms. The summed E-state index contributed by atoms with van der Waals surface area (Å²) in [4.78, 5) is 8.73. The van der Waals surface area contributed by atoms with Crippen molar-refractivity contribution in [2.24, 2.45) is 0 Å². The highest BCUT2D eigenvalue weighted by atomic mass is 127. The molecule has 2 aromatic heterocycles. The van der Waals surface area contributed by atoms with E-state index in [0.717, 1.165) is 11.3 Å². The summed E-state index contributed by atoms with van der Waals surface area (Å²) in [6, 6.07) is 1.51. The molecule has 0 bridgehead atoms. The van der Waals surface area contributed by atoms with Gasteiger partial charge in [0, 0.05) is 10.3 Å². The van der Waals surface area contributed by atoms with Gasteiger partial charge in [0.2, 0.25) is 0 Å². The summed E-state index contributed by atoms with van der Waals surface area (Å²) in [5.41, 5.74) is 0. The fourth-order valence-corrected chi connectivity index (χ4v) is 2.91. The van der Waals surface area contributed by atoms with E-state index in [1.165, 1.54) is 12.4 Å². The van der Waals surface area contributed by atoms with Crippen molar-refractivity contribution in [3.63, 3.8) is 0 Å². The van der Waals surface area contributed by atoms with Crippen LogP contribution in [0.4, 0.5) is 13.2 Å². The van der Waals surface area contributed by atoms with Crippen LogP contribution in [-0.4, -0.2) is 16.1 Å². The van der Waals surface area contributed by atoms with Gasteiger partial charge in [0.15, 0.2) is 0 Å². The van der Waals surface area contributed by atoms with E-state index in [1.807, 2.05) is 22.6 Å². The maximum Gasteiger partial charge on any atom is 0.393 e. The number of fused-ring (bicyclic) bond motifs is 1. The summed E-state index contributed by atoms with van der Waals surface area (Å²) >= 11 is 3.05. The first kappa shape index (κ1) is 11.1. The summed E-state index contributed by atoms with van der Waals surface area (Å²) in [5, 5.41) is 0.697. The topological polar surface area (TPSA) is 25.8 Å². The average Bonchev–Trinajstić information content (AvgIpc) is 2.45. The Morgan fingerprint density at radius 1 is 1.33 bits per heavy atom. The molecule has 0 aliphatic carbocycles. The van der Waals surface area contributed by atoms with Crippen molar-refractivity contribution in [1.82, 2.24) is 9.97 Å². The van der Waals surface area contributed by atoms with Gasteiger partial charge in [-0.2, -0.15) is 13.2 Å². The molecule has 7 heteroatoms. The Morgan fingerprint density at radius 3 is 2.67 bits per heavy atom. The molecular formula is C8H4F3IN2S. The zero-order valence-corrected chi connectivity index (χ0v) is 10.2. The molecule has 2 aromatic rings. The van der Waals surface area contributed by atoms with Gasteiger partial charge >= 0.3 is 6.18 Å². The predicted molar refractivity (Wildman–Crippen MR) is 59.9 cm³/mol. The molecule has 0 aliphatic rings. The van der Waals surface area contributed by atoms with Crippen LogP contribution in [0.1, 0.15) is 4.88 Å². The Labute approximate surface area is 101 Å². The number of alkyl halides is 3. The summed E-state index contributed by atoms with van der Waals surface area (Å²) in [7, 11) is 0. The van der Waals surface area contributed by atoms with Crippen LogP contribution in [-0.2, 0) is 6.42 Å². The van der Waals surface area contributed by atoms with Gasteiger partial charge in [-0.1, -0.05) is 0 Å². The van der Waals surface area contributed by atoms with Crippen molar-refractivity contribution < 1.29 is 13.2 Å². The van der Waals surface area contributed by atoms with Crippen LogP contribution in [0.5, 0.6) is 0 Å². The van der Waals surface area contributed by atoms with Gasteiger partial charge < -0.3 is 0 Å². The SMILES string of the molecule is FC(F)(F)Cc1cc2c(I)ncnc2s1. The highest BCUT2D eigenvalue weighted by Gasteiger charge is 2.28. The highest BCUT2D eigenvalue weighted by Crippen LogP contribution is 2.30. The second-order valence-corrected chi connectivity index (χ2v) is 5.02. The van der Waals surface area contributed by atoms with Gasteiger partial charge in [-0.25, -0.2) is 9.97 Å². The minimum atomic E-state index is -4.17. The van der Waals surface area contributed by atoms with Crippen LogP contribution in [0.3, 0.4) is 0 Å². The van der Waals surface area contributed by atoms with E-state index in [1.54, 1.807) is 0 Å². The lowest BCUT2D eigenvalue weighted by molar-refractivity contribution is -0.126. The molecule has 0 fully saturated rings. The number of aromatic nitrogens is 2. The smallest absolute Gasteiger partial charge is 0.230 e. The molecule has 0 atom stereocenters. The van der Waals surface area contributed by atoms with Gasteiger partial charge in [0.25, 0.3) is 0 Å². The van der Waals surface area contributed by atoms with E-state index in [0.29, 0.717) is 13.9 Å². The van der Waals surface area contributed by atoms with Crippen molar-refractivity contribution in [3.05, 3.63) is 21.0 Å². The van der Waals surface area contributed by atoms with Crippen LogP contribution in [0.2, 0.25) is 0 Å². The van der Waals surface area contributed by atoms with Gasteiger partial charge in [-0.15, -0.1) is 11.3 Å². The summed E-state index contributed by atoms with van der Waals surface area (Å²) < 4.78 is 37.1. The molecule has 80 valence electrons. The van der Waals surface area contributed by atoms with E-state index >= 15 is 0 Å². The second kappa shape index (κ2) is 3.85. The number of hydrogen-bond acceptors (Lipinski definition) is 3. The number of nitrogens with zero attached hydrogens (tertiary/aromatic N) is 2. The van der Waals surface area contributed by atoms with Crippen LogP contribution in [0, 0.1) is 3.70 Å². The summed E-state index contributed by atoms with van der Waals surface area (Å²) in [6.07, 6.45) is -3.71. The van der Waals surface area contributed by atoms with E-state index < -0.39 is 12.6 Å². The molecule has 0 amide bonds. The third kappa shape index (κ3) is 2.57. The maximum atomic E-state index is 12.1. The predicted octanol–water partition coefficient (Wildman–Crippen LogP) is 3.40. The standard InChI is InChI=1S/C8H4F3IN2S/c9-8(10,11)2-4-1-5-6(12)13-3-14-7(5)15-4/h1,3H,2H2. The fourth-order valence-electron chi connectivity index (χ4n) is 1.16. The van der Waals surface area contributed by atoms with Gasteiger partial charge in [-0.3, -0.25) is 0 Å². The fraction of sp³-hybridized carbons (Fsp3) is 0.250. The Kier molecular flexibility index (Phi) is 2.84. The molecule has 0 saturated heterocycles. The molecule has 0 aromatic carbocycles. The van der Waals surface area contributed by atoms with E-state index in [-0.39, 0.29) is 4.88 Å². The maximum absolute atomic E-state index is 12.1. The van der Waals surface area contributed by atoms with Crippen molar-refractivity contribution >= 4 is 44.1 Å². The second-order valence-electron chi connectivity index (χ2n) is 2.89. The highest BCUT2D eigenvalue weighted by molar-refractivity contribution is 14.1. The molecule has 0 saturated carbocycles. The van der Waals surface area contributed by atoms with Gasteiger partial charge in [0.05, 0.1) is 6.42 Å². The lowest BCUT2D eigenvalue weighted by atomic mass is 10.3. The van der Waals surface area contributed by atoms with E-state index in [4.69, 9.17) is 0 Å². The first-order valence-electron chi connectivity index (χ1n) is 3.91. The van der Waals surface area contributed by atoms with Gasteiger partial charge in [0.1, 0.15) is 14.9 Å². The Morgan fingerprint density at radius 2 is 2.07 bits per heavy atom. The number of thiophene rings is 1. The molecule has 0 aliphatic heterocycles. The summed E-state index contributed by atoms with van der Waals surface area (Å²) in [6.45, 7) is 0. The zero-order chi connectivity index (χ0) is 11.1. The molecule has 0 unspecified atom stereocenters. The molecular weight excluding hydrogens is 340 g/mol. The third-order valence-corrected chi connectivity index (χ3v) is 3.61. The van der Waals surface area contributed by atoms with Crippen molar-refractivity contribution in [2.75, 3.05) is 0 Å². The van der Waals surface area contributed by atoms with Crippen molar-refractivity contribution in [2.45, 2.75) is 12.6 Å². The summed E-state index contributed by atoms with van der Waals surface area (Å²) in [5.74, 6) is 0. The van der Waals surface area contributed by atoms with E-state index in [2.05, 4.69) is 9.97 Å². The Balaban J connectivity index is 2.44. The lowest BCUT2D eigenvalue weighted by Gasteiger charge is -2.01.